The van der Waals surface area contributed by atoms with Crippen molar-refractivity contribution in [1.82, 2.24) is 4.90 Å². The van der Waals surface area contributed by atoms with Crippen LogP contribution in [0.25, 0.3) is 16.9 Å². The number of phenols is 1. The lowest BCUT2D eigenvalue weighted by Gasteiger charge is -2.53. The van der Waals surface area contributed by atoms with E-state index in [1.807, 2.05) is 31.2 Å². The van der Waals surface area contributed by atoms with Crippen molar-refractivity contribution in [2.24, 2.45) is 23.5 Å². The van der Waals surface area contributed by atoms with Crippen molar-refractivity contribution in [2.75, 3.05) is 14.1 Å². The highest BCUT2D eigenvalue weighted by Gasteiger charge is 2.67. The maximum Gasteiger partial charge on any atom is 0.230 e. The van der Waals surface area contributed by atoms with Crippen molar-refractivity contribution in [3.63, 3.8) is 0 Å². The molecular formula is C35H40N2O8. The standard InChI is InChI=1S/C35H40N2O8/c1-5-17(2)6-11-21(38)14-18-7-9-19(10-8-18)22-12-13-25(39)27-23(22)15-20-16-24-29(37(3)4)31(41)28(34(36)44)33(43)35(24,45)32(42)26(20)30(27)40/h7-10,12-13,20,24,28-29,31,39-41,45H,2,5-6,11,14-16H2,1,3-4H3,(H2,36,44)/t20-,24-,28?,29-,31?,35-/m1/s1. The number of ketones is 3. The largest absolute Gasteiger partial charge is 0.507 e. The molecule has 0 spiro atoms. The van der Waals surface area contributed by atoms with Gasteiger partial charge in [0.05, 0.1) is 11.7 Å². The molecule has 45 heavy (non-hydrogen) atoms. The van der Waals surface area contributed by atoms with Crippen LogP contribution in [0.5, 0.6) is 5.75 Å². The summed E-state index contributed by atoms with van der Waals surface area (Å²) < 4.78 is 0. The van der Waals surface area contributed by atoms with Crippen LogP contribution in [0.3, 0.4) is 0 Å². The summed E-state index contributed by atoms with van der Waals surface area (Å²) in [6.45, 7) is 5.97. The van der Waals surface area contributed by atoms with Crippen LogP contribution in [0, 0.1) is 17.8 Å². The number of Topliss-reactive ketones (excluding diaryl/α,β-unsaturated/α-hetero) is 3. The van der Waals surface area contributed by atoms with Gasteiger partial charge in [-0.3, -0.25) is 19.2 Å². The average Bonchev–Trinajstić information content (AvgIpc) is 2.98. The minimum atomic E-state index is -2.70. The van der Waals surface area contributed by atoms with Crippen LogP contribution >= 0.6 is 0 Å². The molecule has 6 atom stereocenters. The quantitative estimate of drug-likeness (QED) is 0.209. The van der Waals surface area contributed by atoms with Crippen LogP contribution in [-0.4, -0.2) is 80.4 Å². The molecule has 6 N–H and O–H groups in total. The zero-order chi connectivity index (χ0) is 33.0. The number of aliphatic hydroxyl groups excluding tert-OH is 2. The number of phenolic OH excluding ortho intramolecular Hbond substituents is 1. The number of rotatable bonds is 9. The molecule has 0 radical (unpaired) electrons. The average molecular weight is 617 g/mol. The molecular weight excluding hydrogens is 576 g/mol. The van der Waals surface area contributed by atoms with E-state index in [1.165, 1.54) is 6.07 Å². The first-order valence-corrected chi connectivity index (χ1v) is 15.2. The van der Waals surface area contributed by atoms with E-state index in [1.54, 1.807) is 25.1 Å². The fourth-order valence-corrected chi connectivity index (χ4v) is 7.49. The molecule has 0 bridgehead atoms. The Balaban J connectivity index is 1.52. The number of aromatic hydroxyl groups is 1. The van der Waals surface area contributed by atoms with Crippen molar-refractivity contribution in [2.45, 2.75) is 63.2 Å². The summed E-state index contributed by atoms with van der Waals surface area (Å²) in [4.78, 5) is 53.8. The zero-order valence-electron chi connectivity index (χ0n) is 25.7. The molecule has 2 unspecified atom stereocenters. The molecule has 2 aromatic rings. The van der Waals surface area contributed by atoms with Gasteiger partial charge in [0, 0.05) is 30.4 Å². The summed E-state index contributed by atoms with van der Waals surface area (Å²) in [6.07, 6.45) is 0.926. The van der Waals surface area contributed by atoms with E-state index < -0.39 is 58.7 Å². The Morgan fingerprint density at radius 1 is 1.07 bits per heavy atom. The van der Waals surface area contributed by atoms with Crippen molar-refractivity contribution >= 4 is 29.0 Å². The third-order valence-corrected chi connectivity index (χ3v) is 9.90. The predicted octanol–water partition coefficient (Wildman–Crippen LogP) is 2.65. The van der Waals surface area contributed by atoms with Gasteiger partial charge >= 0.3 is 0 Å². The molecule has 10 nitrogen and oxygen atoms in total. The first-order valence-electron chi connectivity index (χ1n) is 15.2. The van der Waals surface area contributed by atoms with Gasteiger partial charge in [-0.1, -0.05) is 49.4 Å². The Bertz CT molecular complexity index is 1620. The summed E-state index contributed by atoms with van der Waals surface area (Å²) in [5.41, 5.74) is 6.53. The van der Waals surface area contributed by atoms with Gasteiger partial charge < -0.3 is 31.1 Å². The molecule has 1 amide bonds. The first-order chi connectivity index (χ1) is 21.2. The minimum absolute atomic E-state index is 0.0310. The van der Waals surface area contributed by atoms with Gasteiger partial charge in [0.15, 0.2) is 11.4 Å². The summed E-state index contributed by atoms with van der Waals surface area (Å²) >= 11 is 0. The van der Waals surface area contributed by atoms with E-state index in [9.17, 15) is 39.6 Å². The summed E-state index contributed by atoms with van der Waals surface area (Å²) in [7, 11) is 3.22. The van der Waals surface area contributed by atoms with Gasteiger partial charge in [-0.05, 0) is 74.0 Å². The summed E-state index contributed by atoms with van der Waals surface area (Å²) in [5.74, 6) is -7.65. The highest BCUT2D eigenvalue weighted by atomic mass is 16.3. The Labute approximate surface area is 261 Å². The molecule has 3 aliphatic rings. The molecule has 0 aromatic heterocycles. The van der Waals surface area contributed by atoms with E-state index in [0.29, 0.717) is 30.4 Å². The van der Waals surface area contributed by atoms with Gasteiger partial charge in [-0.15, -0.1) is 0 Å². The van der Waals surface area contributed by atoms with Gasteiger partial charge in [0.25, 0.3) is 0 Å². The van der Waals surface area contributed by atoms with Gasteiger partial charge in [0.2, 0.25) is 11.7 Å². The number of carbonyl (C=O) groups is 4. The van der Waals surface area contributed by atoms with E-state index in [-0.39, 0.29) is 35.5 Å². The van der Waals surface area contributed by atoms with Crippen LogP contribution in [-0.2, 0) is 32.0 Å². The van der Waals surface area contributed by atoms with Gasteiger partial charge in [0.1, 0.15) is 23.2 Å². The van der Waals surface area contributed by atoms with Crippen molar-refractivity contribution < 1.29 is 39.6 Å². The first kappa shape index (κ1) is 32.3. The Morgan fingerprint density at radius 3 is 2.33 bits per heavy atom. The number of nitrogens with two attached hydrogens (primary N) is 1. The van der Waals surface area contributed by atoms with Crippen LogP contribution in [0.2, 0.25) is 0 Å². The third kappa shape index (κ3) is 5.30. The maximum absolute atomic E-state index is 14.0. The summed E-state index contributed by atoms with van der Waals surface area (Å²) in [6, 6.07) is 9.62. The van der Waals surface area contributed by atoms with Gasteiger partial charge in [-0.25, -0.2) is 0 Å². The normalized spacial score (nSPS) is 27.6. The number of nitrogens with zero attached hydrogens (tertiary/aromatic N) is 1. The minimum Gasteiger partial charge on any atom is -0.507 e. The molecule has 2 saturated carbocycles. The molecule has 10 heteroatoms. The lowest BCUT2D eigenvalue weighted by Crippen LogP contribution is -2.73. The fourth-order valence-electron chi connectivity index (χ4n) is 7.49. The lowest BCUT2D eigenvalue weighted by atomic mass is 9.54. The second kappa shape index (κ2) is 12.0. The van der Waals surface area contributed by atoms with E-state index in [2.05, 4.69) is 6.58 Å². The number of amides is 1. The number of allylic oxidation sites excluding steroid dienone is 1. The molecule has 0 heterocycles. The highest BCUT2D eigenvalue weighted by molar-refractivity contribution is 6.25. The van der Waals surface area contributed by atoms with E-state index >= 15 is 0 Å². The molecule has 238 valence electrons. The van der Waals surface area contributed by atoms with Crippen LogP contribution in [0.15, 0.2) is 54.1 Å². The number of carbonyl (C=O) groups excluding carboxylic acids is 4. The van der Waals surface area contributed by atoms with Crippen molar-refractivity contribution in [1.29, 1.82) is 0 Å². The topological polar surface area (TPSA) is 178 Å². The number of likely N-dealkylation sites (N-methyl/N-ethyl adjacent to an activating group) is 1. The Hall–Kier alpha value is -4.12. The van der Waals surface area contributed by atoms with Crippen molar-refractivity contribution in [3.8, 4) is 16.9 Å². The smallest absolute Gasteiger partial charge is 0.230 e. The number of hydrogen-bond acceptors (Lipinski definition) is 9. The van der Waals surface area contributed by atoms with Crippen LogP contribution < -0.4 is 5.73 Å². The maximum atomic E-state index is 14.0. The number of hydrogen-bond donors (Lipinski definition) is 5. The molecule has 0 aliphatic heterocycles. The van der Waals surface area contributed by atoms with Crippen LogP contribution in [0.1, 0.15) is 49.3 Å². The molecule has 5 rings (SSSR count). The van der Waals surface area contributed by atoms with Gasteiger partial charge in [-0.2, -0.15) is 0 Å². The fraction of sp³-hybridized carbons (Fsp3) is 0.429. The monoisotopic (exact) mass is 616 g/mol. The Morgan fingerprint density at radius 2 is 1.73 bits per heavy atom. The molecule has 2 aromatic carbocycles. The predicted molar refractivity (Wildman–Crippen MR) is 167 cm³/mol. The SMILES string of the molecule is C=C(CC)CCC(=O)Cc1ccc(-c2ccc(O)c3c2C[C@@H]2C[C@@H]4[C@@H](N(C)C)C(O)C(C(N)=O)C(=O)[C@]4(O)C(=O)C2=C3O)cc1. The van der Waals surface area contributed by atoms with E-state index in [0.717, 1.165) is 23.1 Å². The number of fused-ring (bicyclic) bond motifs is 3. The second-order valence-corrected chi connectivity index (χ2v) is 12.8. The van der Waals surface area contributed by atoms with E-state index in [4.69, 9.17) is 5.73 Å². The van der Waals surface area contributed by atoms with Crippen LogP contribution in [0.4, 0.5) is 0 Å². The molecule has 0 saturated heterocycles. The zero-order valence-corrected chi connectivity index (χ0v) is 25.7. The molecule has 2 fully saturated rings. The second-order valence-electron chi connectivity index (χ2n) is 12.8. The summed E-state index contributed by atoms with van der Waals surface area (Å²) in [5, 5.41) is 45.2. The number of benzene rings is 2. The lowest BCUT2D eigenvalue weighted by molar-refractivity contribution is -0.184. The highest BCUT2D eigenvalue weighted by Crippen LogP contribution is 2.53. The Kier molecular flexibility index (Phi) is 8.61. The number of aliphatic hydroxyl groups is 3. The molecule has 3 aliphatic carbocycles. The number of primary amides is 1. The third-order valence-electron chi connectivity index (χ3n) is 9.90. The van der Waals surface area contributed by atoms with Crippen molar-refractivity contribution in [3.05, 3.63) is 70.8 Å².